The number of urea groups is 1. The number of para-hydroxylation sites is 2. The van der Waals surface area contributed by atoms with E-state index in [2.05, 4.69) is 5.32 Å². The van der Waals surface area contributed by atoms with Crippen LogP contribution in [0.3, 0.4) is 0 Å². The van der Waals surface area contributed by atoms with Crippen LogP contribution in [0.4, 0.5) is 4.79 Å². The molecule has 8 nitrogen and oxygen atoms in total. The van der Waals surface area contributed by atoms with Crippen molar-refractivity contribution in [3.8, 4) is 0 Å². The number of hydrogen-bond donors (Lipinski definition) is 1. The second-order valence-electron chi connectivity index (χ2n) is 7.72. The molecule has 32 heavy (non-hydrogen) atoms. The number of furan rings is 2. The first-order valence-electron chi connectivity index (χ1n) is 10.2. The number of hydrogen-bond acceptors (Lipinski definition) is 6. The fraction of sp³-hybridized carbons (Fsp3) is 0.208. The average molecular weight is 432 g/mol. The van der Waals surface area contributed by atoms with E-state index in [0.717, 1.165) is 10.3 Å². The van der Waals surface area contributed by atoms with E-state index in [1.807, 2.05) is 18.2 Å². The van der Waals surface area contributed by atoms with Crippen molar-refractivity contribution in [1.29, 1.82) is 0 Å². The van der Waals surface area contributed by atoms with Gasteiger partial charge in [-0.05, 0) is 32.0 Å². The Morgan fingerprint density at radius 1 is 1.06 bits per heavy atom. The van der Waals surface area contributed by atoms with Crippen LogP contribution in [0.15, 0.2) is 63.4 Å². The van der Waals surface area contributed by atoms with E-state index in [4.69, 9.17) is 13.6 Å². The fourth-order valence-corrected chi connectivity index (χ4v) is 4.01. The molecule has 1 aliphatic heterocycles. The van der Waals surface area contributed by atoms with E-state index in [9.17, 15) is 14.4 Å². The summed E-state index contributed by atoms with van der Waals surface area (Å²) in [5.74, 6) is -0.819. The summed E-state index contributed by atoms with van der Waals surface area (Å²) in [6.45, 7) is 3.31. The van der Waals surface area contributed by atoms with Crippen molar-refractivity contribution in [3.63, 3.8) is 0 Å². The molecule has 1 unspecified atom stereocenters. The van der Waals surface area contributed by atoms with Crippen molar-refractivity contribution in [2.24, 2.45) is 0 Å². The van der Waals surface area contributed by atoms with Crippen molar-refractivity contribution in [2.75, 3.05) is 6.61 Å². The van der Waals surface area contributed by atoms with E-state index in [1.165, 1.54) is 0 Å². The van der Waals surface area contributed by atoms with Gasteiger partial charge in [-0.1, -0.05) is 36.4 Å². The van der Waals surface area contributed by atoms with Crippen molar-refractivity contribution in [3.05, 3.63) is 71.7 Å². The molecule has 1 aliphatic rings. The highest BCUT2D eigenvalue weighted by Crippen LogP contribution is 2.35. The Labute approximate surface area is 182 Å². The largest absolute Gasteiger partial charge is 0.460 e. The molecule has 0 saturated carbocycles. The van der Waals surface area contributed by atoms with E-state index >= 15 is 0 Å². The predicted molar refractivity (Wildman–Crippen MR) is 115 cm³/mol. The van der Waals surface area contributed by atoms with Crippen LogP contribution in [0.25, 0.3) is 21.9 Å². The molecule has 0 aliphatic carbocycles. The molecule has 162 valence electrons. The summed E-state index contributed by atoms with van der Waals surface area (Å²) in [7, 11) is 0. The number of carbonyl (C=O) groups is 3. The van der Waals surface area contributed by atoms with Crippen LogP contribution in [-0.2, 0) is 21.6 Å². The lowest BCUT2D eigenvalue weighted by Crippen LogP contribution is -2.40. The molecular weight excluding hydrogens is 412 g/mol. The smallest absolute Gasteiger partial charge is 0.374 e. The van der Waals surface area contributed by atoms with Gasteiger partial charge in [-0.2, -0.15) is 0 Å². The van der Waals surface area contributed by atoms with Crippen molar-refractivity contribution >= 4 is 39.8 Å². The van der Waals surface area contributed by atoms with Crippen LogP contribution in [-0.4, -0.2) is 29.4 Å². The third-order valence-electron chi connectivity index (χ3n) is 5.67. The van der Waals surface area contributed by atoms with Crippen LogP contribution in [0.1, 0.15) is 35.7 Å². The fourth-order valence-electron chi connectivity index (χ4n) is 4.01. The Morgan fingerprint density at radius 2 is 1.78 bits per heavy atom. The summed E-state index contributed by atoms with van der Waals surface area (Å²) in [6.07, 6.45) is 0. The number of imide groups is 1. The molecule has 4 aromatic rings. The van der Waals surface area contributed by atoms with Gasteiger partial charge in [0.15, 0.2) is 5.54 Å². The third kappa shape index (κ3) is 2.95. The summed E-state index contributed by atoms with van der Waals surface area (Å²) in [6, 6.07) is 15.6. The Morgan fingerprint density at radius 3 is 2.53 bits per heavy atom. The molecular formula is C24H20N2O6. The molecule has 8 heteroatoms. The van der Waals surface area contributed by atoms with E-state index in [-0.39, 0.29) is 18.9 Å². The summed E-state index contributed by atoms with van der Waals surface area (Å²) in [4.78, 5) is 39.8. The maximum absolute atomic E-state index is 13.4. The van der Waals surface area contributed by atoms with Crippen LogP contribution in [0.2, 0.25) is 0 Å². The number of fused-ring (bicyclic) bond motifs is 2. The molecule has 0 radical (unpaired) electrons. The Kier molecular flexibility index (Phi) is 4.51. The molecule has 3 amide bonds. The first-order chi connectivity index (χ1) is 15.4. The molecule has 3 heterocycles. The van der Waals surface area contributed by atoms with Crippen LogP contribution < -0.4 is 5.32 Å². The van der Waals surface area contributed by atoms with E-state index in [0.29, 0.717) is 27.9 Å². The highest BCUT2D eigenvalue weighted by atomic mass is 16.5. The first kappa shape index (κ1) is 19.9. The van der Waals surface area contributed by atoms with Gasteiger partial charge in [-0.3, -0.25) is 9.69 Å². The summed E-state index contributed by atoms with van der Waals surface area (Å²) in [5, 5.41) is 4.20. The molecule has 0 bridgehead atoms. The molecule has 5 rings (SSSR count). The number of amides is 3. The summed E-state index contributed by atoms with van der Waals surface area (Å²) < 4.78 is 16.7. The molecule has 1 atom stereocenters. The monoisotopic (exact) mass is 432 g/mol. The van der Waals surface area contributed by atoms with Gasteiger partial charge < -0.3 is 18.9 Å². The van der Waals surface area contributed by atoms with Crippen molar-refractivity contribution in [2.45, 2.75) is 25.9 Å². The lowest BCUT2D eigenvalue weighted by molar-refractivity contribution is -0.132. The second kappa shape index (κ2) is 7.26. The normalized spacial score (nSPS) is 18.5. The van der Waals surface area contributed by atoms with Gasteiger partial charge in [-0.25, -0.2) is 9.59 Å². The van der Waals surface area contributed by atoms with Crippen LogP contribution in [0, 0.1) is 0 Å². The maximum Gasteiger partial charge on any atom is 0.374 e. The van der Waals surface area contributed by atoms with Gasteiger partial charge in [0.25, 0.3) is 5.91 Å². The highest BCUT2D eigenvalue weighted by Gasteiger charge is 2.51. The Hall–Kier alpha value is -4.07. The van der Waals surface area contributed by atoms with Gasteiger partial charge in [0.05, 0.1) is 13.2 Å². The second-order valence-corrected chi connectivity index (χ2v) is 7.72. The number of nitrogens with zero attached hydrogens (tertiary/aromatic N) is 1. The third-order valence-corrected chi connectivity index (χ3v) is 5.67. The van der Waals surface area contributed by atoms with E-state index < -0.39 is 23.4 Å². The Balaban J connectivity index is 1.53. The average Bonchev–Trinajstić information content (AvgIpc) is 3.44. The summed E-state index contributed by atoms with van der Waals surface area (Å²) >= 11 is 0. The van der Waals surface area contributed by atoms with Gasteiger partial charge in [0.1, 0.15) is 16.9 Å². The molecule has 0 spiro atoms. The van der Waals surface area contributed by atoms with Crippen LogP contribution in [0.5, 0.6) is 0 Å². The lowest BCUT2D eigenvalue weighted by atomic mass is 9.98. The molecule has 2 aromatic heterocycles. The molecule has 1 N–H and O–H groups in total. The SMILES string of the molecule is CCOC(=O)c1oc2ccccc2c1CN1C(=O)NC(C)(c2cc3ccccc3o2)C1=O. The van der Waals surface area contributed by atoms with Gasteiger partial charge in [0.2, 0.25) is 5.76 Å². The number of esters is 1. The maximum atomic E-state index is 13.4. The molecule has 1 saturated heterocycles. The van der Waals surface area contributed by atoms with Crippen molar-refractivity contribution < 1.29 is 28.0 Å². The van der Waals surface area contributed by atoms with Crippen molar-refractivity contribution in [1.82, 2.24) is 10.2 Å². The zero-order valence-electron chi connectivity index (χ0n) is 17.5. The topological polar surface area (TPSA) is 102 Å². The van der Waals surface area contributed by atoms with Crippen LogP contribution >= 0.6 is 0 Å². The zero-order chi connectivity index (χ0) is 22.5. The molecule has 2 aromatic carbocycles. The Bertz CT molecular complexity index is 1350. The number of benzene rings is 2. The first-order valence-corrected chi connectivity index (χ1v) is 10.2. The van der Waals surface area contributed by atoms with Gasteiger partial charge >= 0.3 is 12.0 Å². The van der Waals surface area contributed by atoms with Gasteiger partial charge in [-0.15, -0.1) is 0 Å². The molecule has 1 fully saturated rings. The number of ether oxygens (including phenoxy) is 1. The number of rotatable bonds is 5. The minimum absolute atomic E-state index is 0.0222. The predicted octanol–water partition coefficient (Wildman–Crippen LogP) is 4.32. The standard InChI is InChI=1S/C24H20N2O6/c1-3-30-21(27)20-16(15-9-5-7-11-18(15)32-20)13-26-22(28)24(2,25-23(26)29)19-12-14-8-4-6-10-17(14)31-19/h4-12H,3,13H2,1-2H3,(H,25,29). The zero-order valence-corrected chi connectivity index (χ0v) is 17.5. The highest BCUT2D eigenvalue weighted by molar-refractivity contribution is 6.08. The number of nitrogens with one attached hydrogen (secondary N) is 1. The minimum Gasteiger partial charge on any atom is -0.460 e. The quantitative estimate of drug-likeness (QED) is 0.372. The lowest BCUT2D eigenvalue weighted by Gasteiger charge is -2.19. The van der Waals surface area contributed by atoms with Gasteiger partial charge in [0, 0.05) is 16.3 Å². The summed E-state index contributed by atoms with van der Waals surface area (Å²) in [5.41, 5.74) is 0.128. The number of carbonyl (C=O) groups excluding carboxylic acids is 3. The minimum atomic E-state index is -1.38. The van der Waals surface area contributed by atoms with E-state index in [1.54, 1.807) is 50.2 Å².